The highest BCUT2D eigenvalue weighted by atomic mass is 15.3. The van der Waals surface area contributed by atoms with Crippen LogP contribution in [-0.2, 0) is 6.54 Å². The van der Waals surface area contributed by atoms with Gasteiger partial charge in [0.25, 0.3) is 0 Å². The zero-order chi connectivity index (χ0) is 14.7. The SMILES string of the molecule is CCn1cc(C(CN)N(C)c2ccc(C)cc2C)cn1. The number of rotatable bonds is 5. The average Bonchev–Trinajstić information content (AvgIpc) is 2.88. The van der Waals surface area contributed by atoms with E-state index in [9.17, 15) is 0 Å². The van der Waals surface area contributed by atoms with Crippen LogP contribution in [0.1, 0.15) is 29.7 Å². The molecule has 0 spiro atoms. The summed E-state index contributed by atoms with van der Waals surface area (Å²) in [6, 6.07) is 6.66. The third-order valence-corrected chi connectivity index (χ3v) is 3.79. The summed E-state index contributed by atoms with van der Waals surface area (Å²) in [4.78, 5) is 2.24. The van der Waals surface area contributed by atoms with Gasteiger partial charge in [0, 0.05) is 37.6 Å². The summed E-state index contributed by atoms with van der Waals surface area (Å²) in [6.45, 7) is 7.79. The molecular formula is C16H24N4. The molecule has 2 N–H and O–H groups in total. The fourth-order valence-electron chi connectivity index (χ4n) is 2.61. The van der Waals surface area contributed by atoms with Crippen LogP contribution in [0.2, 0.25) is 0 Å². The molecule has 108 valence electrons. The topological polar surface area (TPSA) is 47.1 Å². The maximum absolute atomic E-state index is 6.00. The van der Waals surface area contributed by atoms with E-state index >= 15 is 0 Å². The predicted octanol–water partition coefficient (Wildman–Crippen LogP) is 2.66. The molecule has 0 radical (unpaired) electrons. The Kier molecular flexibility index (Phi) is 4.45. The first-order valence-electron chi connectivity index (χ1n) is 7.09. The van der Waals surface area contributed by atoms with Gasteiger partial charge >= 0.3 is 0 Å². The van der Waals surface area contributed by atoms with E-state index in [1.807, 2.05) is 10.9 Å². The number of nitrogens with zero attached hydrogens (tertiary/aromatic N) is 3. The Hall–Kier alpha value is -1.81. The van der Waals surface area contributed by atoms with Crippen molar-refractivity contribution in [2.75, 3.05) is 18.5 Å². The van der Waals surface area contributed by atoms with Crippen molar-refractivity contribution in [3.63, 3.8) is 0 Å². The largest absolute Gasteiger partial charge is 0.366 e. The van der Waals surface area contributed by atoms with Gasteiger partial charge in [-0.3, -0.25) is 4.68 Å². The molecule has 4 nitrogen and oxygen atoms in total. The molecule has 0 aliphatic carbocycles. The lowest BCUT2D eigenvalue weighted by Crippen LogP contribution is -2.30. The minimum Gasteiger partial charge on any atom is -0.366 e. The first kappa shape index (κ1) is 14.6. The molecule has 0 saturated heterocycles. The van der Waals surface area contributed by atoms with Gasteiger partial charge in [0.1, 0.15) is 0 Å². The molecule has 20 heavy (non-hydrogen) atoms. The van der Waals surface area contributed by atoms with Crippen LogP contribution in [0.4, 0.5) is 5.69 Å². The van der Waals surface area contributed by atoms with Gasteiger partial charge in [0.15, 0.2) is 0 Å². The van der Waals surface area contributed by atoms with Gasteiger partial charge in [-0.1, -0.05) is 17.7 Å². The van der Waals surface area contributed by atoms with Gasteiger partial charge in [-0.2, -0.15) is 5.10 Å². The van der Waals surface area contributed by atoms with E-state index in [1.54, 1.807) is 0 Å². The summed E-state index contributed by atoms with van der Waals surface area (Å²) in [6.07, 6.45) is 4.00. The third-order valence-electron chi connectivity index (χ3n) is 3.79. The van der Waals surface area contributed by atoms with E-state index in [-0.39, 0.29) is 6.04 Å². The fourth-order valence-corrected chi connectivity index (χ4v) is 2.61. The minimum atomic E-state index is 0.150. The molecule has 0 aliphatic rings. The second kappa shape index (κ2) is 6.09. The Morgan fingerprint density at radius 3 is 2.65 bits per heavy atom. The summed E-state index contributed by atoms with van der Waals surface area (Å²) in [5.41, 5.74) is 10.9. The van der Waals surface area contributed by atoms with Gasteiger partial charge in [0.05, 0.1) is 12.2 Å². The van der Waals surface area contributed by atoms with Crippen LogP contribution in [0.25, 0.3) is 0 Å². The van der Waals surface area contributed by atoms with Crippen LogP contribution in [0, 0.1) is 13.8 Å². The predicted molar refractivity (Wildman–Crippen MR) is 84.0 cm³/mol. The van der Waals surface area contributed by atoms with E-state index in [1.165, 1.54) is 16.8 Å². The van der Waals surface area contributed by atoms with Gasteiger partial charge in [-0.05, 0) is 32.4 Å². The number of aryl methyl sites for hydroxylation is 3. The lowest BCUT2D eigenvalue weighted by Gasteiger charge is -2.30. The van der Waals surface area contributed by atoms with Crippen molar-refractivity contribution in [2.24, 2.45) is 5.73 Å². The highest BCUT2D eigenvalue weighted by Crippen LogP contribution is 2.28. The van der Waals surface area contributed by atoms with Gasteiger partial charge < -0.3 is 10.6 Å². The van der Waals surface area contributed by atoms with Crippen molar-refractivity contribution >= 4 is 5.69 Å². The molecule has 4 heteroatoms. The van der Waals surface area contributed by atoms with Gasteiger partial charge in [-0.25, -0.2) is 0 Å². The number of anilines is 1. The monoisotopic (exact) mass is 272 g/mol. The summed E-state index contributed by atoms with van der Waals surface area (Å²) in [7, 11) is 2.10. The molecule has 2 aromatic rings. The number of hydrogen-bond donors (Lipinski definition) is 1. The highest BCUT2D eigenvalue weighted by molar-refractivity contribution is 5.55. The molecule has 0 fully saturated rings. The van der Waals surface area contributed by atoms with Crippen LogP contribution in [-0.4, -0.2) is 23.4 Å². The molecule has 0 aliphatic heterocycles. The first-order valence-corrected chi connectivity index (χ1v) is 7.09. The van der Waals surface area contributed by atoms with E-state index in [4.69, 9.17) is 5.73 Å². The normalized spacial score (nSPS) is 12.4. The number of hydrogen-bond acceptors (Lipinski definition) is 3. The zero-order valence-electron chi connectivity index (χ0n) is 12.8. The summed E-state index contributed by atoms with van der Waals surface area (Å²) >= 11 is 0. The van der Waals surface area contributed by atoms with Crippen LogP contribution in [0.5, 0.6) is 0 Å². The number of aromatic nitrogens is 2. The van der Waals surface area contributed by atoms with Gasteiger partial charge in [0.2, 0.25) is 0 Å². The van der Waals surface area contributed by atoms with E-state index < -0.39 is 0 Å². The second-order valence-corrected chi connectivity index (χ2v) is 5.28. The maximum atomic E-state index is 6.00. The first-order chi connectivity index (χ1) is 9.56. The Labute approximate surface area is 121 Å². The van der Waals surface area contributed by atoms with Gasteiger partial charge in [-0.15, -0.1) is 0 Å². The number of benzene rings is 1. The lowest BCUT2D eigenvalue weighted by atomic mass is 10.1. The Bertz CT molecular complexity index is 574. The second-order valence-electron chi connectivity index (χ2n) is 5.28. The lowest BCUT2D eigenvalue weighted by molar-refractivity contribution is 0.651. The number of likely N-dealkylation sites (N-methyl/N-ethyl adjacent to an activating group) is 1. The third kappa shape index (κ3) is 2.85. The van der Waals surface area contributed by atoms with Crippen molar-refractivity contribution < 1.29 is 0 Å². The molecule has 1 aromatic heterocycles. The summed E-state index contributed by atoms with van der Waals surface area (Å²) in [5, 5.41) is 4.35. The summed E-state index contributed by atoms with van der Waals surface area (Å²) < 4.78 is 1.94. The maximum Gasteiger partial charge on any atom is 0.0692 e. The molecule has 1 aromatic carbocycles. The zero-order valence-corrected chi connectivity index (χ0v) is 12.8. The van der Waals surface area contributed by atoms with Crippen molar-refractivity contribution in [3.8, 4) is 0 Å². The molecule has 1 unspecified atom stereocenters. The molecule has 0 saturated carbocycles. The molecule has 0 amide bonds. The molecule has 2 rings (SSSR count). The van der Waals surface area contributed by atoms with Crippen LogP contribution < -0.4 is 10.6 Å². The Morgan fingerprint density at radius 2 is 2.10 bits per heavy atom. The van der Waals surface area contributed by atoms with E-state index in [0.29, 0.717) is 6.54 Å². The van der Waals surface area contributed by atoms with Crippen molar-refractivity contribution in [2.45, 2.75) is 33.4 Å². The molecule has 1 heterocycles. The standard InChI is InChI=1S/C16H24N4/c1-5-20-11-14(10-18-20)16(9-17)19(4)15-7-6-12(2)8-13(15)3/h6-8,10-11,16H,5,9,17H2,1-4H3. The number of nitrogens with two attached hydrogens (primary N) is 1. The summed E-state index contributed by atoms with van der Waals surface area (Å²) in [5.74, 6) is 0. The Morgan fingerprint density at radius 1 is 1.35 bits per heavy atom. The average molecular weight is 272 g/mol. The van der Waals surface area contributed by atoms with Crippen LogP contribution in [0.3, 0.4) is 0 Å². The molecule has 0 bridgehead atoms. The smallest absolute Gasteiger partial charge is 0.0692 e. The van der Waals surface area contributed by atoms with Crippen molar-refractivity contribution in [1.29, 1.82) is 0 Å². The molecule has 1 atom stereocenters. The minimum absolute atomic E-state index is 0.150. The van der Waals surface area contributed by atoms with E-state index in [0.717, 1.165) is 12.1 Å². The highest BCUT2D eigenvalue weighted by Gasteiger charge is 2.18. The van der Waals surface area contributed by atoms with Crippen LogP contribution >= 0.6 is 0 Å². The molecular weight excluding hydrogens is 248 g/mol. The quantitative estimate of drug-likeness (QED) is 0.910. The fraction of sp³-hybridized carbons (Fsp3) is 0.438. The van der Waals surface area contributed by atoms with Crippen molar-refractivity contribution in [3.05, 3.63) is 47.3 Å². The van der Waals surface area contributed by atoms with Crippen molar-refractivity contribution in [1.82, 2.24) is 9.78 Å². The van der Waals surface area contributed by atoms with Crippen LogP contribution in [0.15, 0.2) is 30.6 Å². The Balaban J connectivity index is 2.30. The van der Waals surface area contributed by atoms with E-state index in [2.05, 4.69) is 62.2 Å².